The number of nitrogens with one attached hydrogen (secondary N) is 2. The molecule has 2 aromatic carbocycles. The van der Waals surface area contributed by atoms with Crippen molar-refractivity contribution in [1.82, 2.24) is 9.97 Å². The Morgan fingerprint density at radius 1 is 0.625 bits per heavy atom. The lowest BCUT2D eigenvalue weighted by atomic mass is 10.0. The summed E-state index contributed by atoms with van der Waals surface area (Å²) < 4.78 is 2.17. The van der Waals surface area contributed by atoms with Crippen LogP contribution in [-0.4, -0.2) is 9.97 Å². The van der Waals surface area contributed by atoms with E-state index < -0.39 is 0 Å². The molecular weight excluding hydrogens is 428 g/mol. The van der Waals surface area contributed by atoms with Gasteiger partial charge in [-0.25, -0.2) is 0 Å². The Morgan fingerprint density at radius 3 is 1.92 bits per heavy atom. The van der Waals surface area contributed by atoms with E-state index in [1.807, 2.05) is 12.4 Å². The Bertz CT molecular complexity index is 964. The zero-order chi connectivity index (χ0) is 16.5. The average Bonchev–Trinajstić information content (AvgIpc) is 3.25. The van der Waals surface area contributed by atoms with Gasteiger partial charge in [-0.3, -0.25) is 0 Å². The molecule has 0 radical (unpaired) electrons. The van der Waals surface area contributed by atoms with Crippen molar-refractivity contribution in [3.8, 4) is 33.6 Å². The molecule has 0 aliphatic rings. The summed E-state index contributed by atoms with van der Waals surface area (Å²) >= 11 is 6.97. The molecule has 0 aliphatic heterocycles. The quantitative estimate of drug-likeness (QED) is 0.347. The highest BCUT2D eigenvalue weighted by Crippen LogP contribution is 2.33. The fourth-order valence-electron chi connectivity index (χ4n) is 2.81. The molecule has 0 amide bonds. The van der Waals surface area contributed by atoms with E-state index in [4.69, 9.17) is 0 Å². The van der Waals surface area contributed by atoms with E-state index in [1.165, 1.54) is 22.3 Å². The van der Waals surface area contributed by atoms with Crippen LogP contribution in [0.15, 0.2) is 82.0 Å². The first-order valence-electron chi connectivity index (χ1n) is 7.59. The third-order valence-corrected chi connectivity index (χ3v) is 5.09. The number of H-pyrrole nitrogens is 2. The van der Waals surface area contributed by atoms with E-state index in [-0.39, 0.29) is 0 Å². The molecule has 2 aromatic heterocycles. The van der Waals surface area contributed by atoms with E-state index in [2.05, 4.69) is 102 Å². The first-order valence-corrected chi connectivity index (χ1v) is 9.17. The summed E-state index contributed by atoms with van der Waals surface area (Å²) in [6.45, 7) is 0. The van der Waals surface area contributed by atoms with Crippen LogP contribution in [0.25, 0.3) is 33.6 Å². The SMILES string of the molecule is Brc1ccc(-c2c[nH]c(-c3[nH]ccc3-c3ccc(Br)cc3)c2)cc1. The van der Waals surface area contributed by atoms with Crippen LogP contribution in [0.1, 0.15) is 0 Å². The number of benzene rings is 2. The van der Waals surface area contributed by atoms with Crippen LogP contribution in [0.5, 0.6) is 0 Å². The van der Waals surface area contributed by atoms with Gasteiger partial charge in [0.25, 0.3) is 0 Å². The number of hydrogen-bond acceptors (Lipinski definition) is 0. The highest BCUT2D eigenvalue weighted by molar-refractivity contribution is 9.10. The third kappa shape index (κ3) is 2.99. The lowest BCUT2D eigenvalue weighted by Gasteiger charge is -2.03. The van der Waals surface area contributed by atoms with Gasteiger partial charge in [0.15, 0.2) is 0 Å². The minimum absolute atomic E-state index is 1.08. The summed E-state index contributed by atoms with van der Waals surface area (Å²) in [6.07, 6.45) is 4.03. The molecule has 0 unspecified atom stereocenters. The Kier molecular flexibility index (Phi) is 4.17. The predicted molar refractivity (Wildman–Crippen MR) is 107 cm³/mol. The van der Waals surface area contributed by atoms with Crippen molar-refractivity contribution in [2.24, 2.45) is 0 Å². The van der Waals surface area contributed by atoms with Crippen molar-refractivity contribution in [3.63, 3.8) is 0 Å². The largest absolute Gasteiger partial charge is 0.359 e. The van der Waals surface area contributed by atoms with E-state index in [9.17, 15) is 0 Å². The molecule has 2 N–H and O–H groups in total. The second-order valence-corrected chi connectivity index (χ2v) is 7.41. The van der Waals surface area contributed by atoms with Crippen molar-refractivity contribution >= 4 is 31.9 Å². The molecule has 4 aromatic rings. The molecule has 0 aliphatic carbocycles. The monoisotopic (exact) mass is 440 g/mol. The van der Waals surface area contributed by atoms with Crippen LogP contribution in [0.4, 0.5) is 0 Å². The fraction of sp³-hybridized carbons (Fsp3) is 0. The van der Waals surface area contributed by atoms with Gasteiger partial charge in [-0.05, 0) is 53.1 Å². The maximum Gasteiger partial charge on any atom is 0.0699 e. The topological polar surface area (TPSA) is 31.6 Å². The molecule has 0 spiro atoms. The Balaban J connectivity index is 1.72. The molecule has 0 fully saturated rings. The first-order chi connectivity index (χ1) is 11.7. The van der Waals surface area contributed by atoms with E-state index >= 15 is 0 Å². The van der Waals surface area contributed by atoms with Crippen LogP contribution in [0.2, 0.25) is 0 Å². The van der Waals surface area contributed by atoms with Crippen molar-refractivity contribution in [2.45, 2.75) is 0 Å². The molecule has 2 heterocycles. The van der Waals surface area contributed by atoms with Crippen molar-refractivity contribution in [1.29, 1.82) is 0 Å². The summed E-state index contributed by atoms with van der Waals surface area (Å²) in [5.41, 5.74) is 6.92. The average molecular weight is 442 g/mol. The molecule has 4 heteroatoms. The Labute approximate surface area is 157 Å². The van der Waals surface area contributed by atoms with E-state index in [1.54, 1.807) is 0 Å². The van der Waals surface area contributed by atoms with Gasteiger partial charge in [0.2, 0.25) is 0 Å². The summed E-state index contributed by atoms with van der Waals surface area (Å²) in [7, 11) is 0. The van der Waals surface area contributed by atoms with Gasteiger partial charge in [0, 0.05) is 26.9 Å². The van der Waals surface area contributed by atoms with Crippen LogP contribution in [0, 0.1) is 0 Å². The minimum atomic E-state index is 1.08. The Hall–Kier alpha value is -2.04. The molecule has 0 atom stereocenters. The zero-order valence-corrected chi connectivity index (χ0v) is 15.9. The normalized spacial score (nSPS) is 10.9. The molecule has 24 heavy (non-hydrogen) atoms. The van der Waals surface area contributed by atoms with Crippen molar-refractivity contribution < 1.29 is 0 Å². The molecule has 0 bridgehead atoms. The molecule has 0 saturated heterocycles. The van der Waals surface area contributed by atoms with Gasteiger partial charge in [-0.2, -0.15) is 0 Å². The lowest BCUT2D eigenvalue weighted by molar-refractivity contribution is 1.33. The summed E-state index contributed by atoms with van der Waals surface area (Å²) in [5.74, 6) is 0. The smallest absolute Gasteiger partial charge is 0.0699 e. The molecular formula is C20H14Br2N2. The number of aromatic nitrogens is 2. The van der Waals surface area contributed by atoms with Crippen LogP contribution in [-0.2, 0) is 0 Å². The Morgan fingerprint density at radius 2 is 1.25 bits per heavy atom. The summed E-state index contributed by atoms with van der Waals surface area (Å²) in [5, 5.41) is 0. The highest BCUT2D eigenvalue weighted by atomic mass is 79.9. The van der Waals surface area contributed by atoms with Crippen LogP contribution < -0.4 is 0 Å². The number of halogens is 2. The number of hydrogen-bond donors (Lipinski definition) is 2. The van der Waals surface area contributed by atoms with Gasteiger partial charge in [0.05, 0.1) is 11.4 Å². The maximum atomic E-state index is 3.49. The predicted octanol–water partition coefficient (Wildman–Crippen LogP) is 6.87. The third-order valence-electron chi connectivity index (χ3n) is 4.03. The molecule has 2 nitrogen and oxygen atoms in total. The molecule has 118 valence electrons. The number of rotatable bonds is 3. The second-order valence-electron chi connectivity index (χ2n) is 5.58. The second kappa shape index (κ2) is 6.46. The van der Waals surface area contributed by atoms with E-state index in [0.29, 0.717) is 0 Å². The van der Waals surface area contributed by atoms with Crippen LogP contribution >= 0.6 is 31.9 Å². The summed E-state index contributed by atoms with van der Waals surface area (Å²) in [4.78, 5) is 6.75. The van der Waals surface area contributed by atoms with Gasteiger partial charge in [-0.15, -0.1) is 0 Å². The minimum Gasteiger partial charge on any atom is -0.359 e. The summed E-state index contributed by atoms with van der Waals surface area (Å²) in [6, 6.07) is 21.0. The zero-order valence-electron chi connectivity index (χ0n) is 12.7. The molecule has 0 saturated carbocycles. The maximum absolute atomic E-state index is 3.49. The fourth-order valence-corrected chi connectivity index (χ4v) is 3.34. The van der Waals surface area contributed by atoms with Crippen molar-refractivity contribution in [2.75, 3.05) is 0 Å². The van der Waals surface area contributed by atoms with Gasteiger partial charge in [0.1, 0.15) is 0 Å². The molecule has 4 rings (SSSR count). The highest BCUT2D eigenvalue weighted by Gasteiger charge is 2.11. The van der Waals surface area contributed by atoms with E-state index in [0.717, 1.165) is 20.3 Å². The lowest BCUT2D eigenvalue weighted by Crippen LogP contribution is -1.82. The van der Waals surface area contributed by atoms with Gasteiger partial charge < -0.3 is 9.97 Å². The van der Waals surface area contributed by atoms with Gasteiger partial charge >= 0.3 is 0 Å². The first kappa shape index (κ1) is 15.5. The standard InChI is InChI=1S/C20H14Br2N2/c21-16-5-1-13(2-6-16)15-11-19(24-12-15)20-18(9-10-23-20)14-3-7-17(22)8-4-14/h1-12,23-24H. The van der Waals surface area contributed by atoms with Crippen LogP contribution in [0.3, 0.4) is 0 Å². The number of aromatic amines is 2. The van der Waals surface area contributed by atoms with Crippen molar-refractivity contribution in [3.05, 3.63) is 82.0 Å². The van der Waals surface area contributed by atoms with Gasteiger partial charge in [-0.1, -0.05) is 56.1 Å².